The number of rotatable bonds is 1. The van der Waals surface area contributed by atoms with Gasteiger partial charge in [0.25, 0.3) is 0 Å². The minimum absolute atomic E-state index is 0.289. The van der Waals surface area contributed by atoms with Crippen molar-refractivity contribution in [3.8, 4) is 0 Å². The number of aliphatic carboxylic acids is 1. The molecule has 22 heavy (non-hydrogen) atoms. The Morgan fingerprint density at radius 3 is 1.77 bits per heavy atom. The van der Waals surface area contributed by atoms with E-state index in [0.29, 0.717) is 5.92 Å². The molecule has 0 aromatic carbocycles. The standard InChI is InChI=1S/C19H35NO2/c20-19-14-12-10-8-6-4-2-1-3-5-7-9-11-13-16(15-19)17(19)18(21)22/h16-17H,1-15,20H2,(H,21,22)/t16?,17-,19-/m0/s1. The van der Waals surface area contributed by atoms with E-state index in [1.54, 1.807) is 0 Å². The van der Waals surface area contributed by atoms with Crippen LogP contribution in [0.5, 0.6) is 0 Å². The van der Waals surface area contributed by atoms with E-state index in [-0.39, 0.29) is 5.92 Å². The van der Waals surface area contributed by atoms with Crippen LogP contribution in [0.25, 0.3) is 0 Å². The van der Waals surface area contributed by atoms with Crippen molar-refractivity contribution in [1.82, 2.24) is 0 Å². The minimum Gasteiger partial charge on any atom is -0.481 e. The number of hydrogen-bond acceptors (Lipinski definition) is 2. The first-order valence-corrected chi connectivity index (χ1v) is 9.65. The molecule has 0 aromatic heterocycles. The van der Waals surface area contributed by atoms with E-state index in [4.69, 9.17) is 5.73 Å². The predicted octanol–water partition coefficient (Wildman–Crippen LogP) is 4.88. The molecule has 3 aliphatic carbocycles. The maximum absolute atomic E-state index is 11.6. The first-order valence-electron chi connectivity index (χ1n) is 9.65. The Kier molecular flexibility index (Phi) is 7.20. The van der Waals surface area contributed by atoms with E-state index in [0.717, 1.165) is 25.7 Å². The second-order valence-corrected chi connectivity index (χ2v) is 7.79. The van der Waals surface area contributed by atoms with Gasteiger partial charge in [-0.05, 0) is 25.2 Å². The lowest BCUT2D eigenvalue weighted by Gasteiger charge is -2.51. The molecule has 0 aliphatic heterocycles. The summed E-state index contributed by atoms with van der Waals surface area (Å²) in [6, 6.07) is 0. The van der Waals surface area contributed by atoms with Gasteiger partial charge in [-0.3, -0.25) is 4.79 Å². The van der Waals surface area contributed by atoms with E-state index in [2.05, 4.69) is 0 Å². The van der Waals surface area contributed by atoms with E-state index >= 15 is 0 Å². The zero-order valence-electron chi connectivity index (χ0n) is 14.2. The van der Waals surface area contributed by atoms with Gasteiger partial charge in [-0.15, -0.1) is 0 Å². The highest BCUT2D eigenvalue weighted by Crippen LogP contribution is 2.48. The summed E-state index contributed by atoms with van der Waals surface area (Å²) in [5.74, 6) is -0.613. The van der Waals surface area contributed by atoms with Crippen LogP contribution in [0.1, 0.15) is 96.3 Å². The zero-order chi connectivity index (χ0) is 15.8. The smallest absolute Gasteiger partial charge is 0.308 e. The first-order chi connectivity index (χ1) is 10.6. The molecule has 3 N–H and O–H groups in total. The summed E-state index contributed by atoms with van der Waals surface area (Å²) in [7, 11) is 0. The molecule has 3 fully saturated rings. The molecule has 3 heteroatoms. The fraction of sp³-hybridized carbons (Fsp3) is 0.947. The molecule has 3 atom stereocenters. The highest BCUT2D eigenvalue weighted by Gasteiger charge is 2.54. The van der Waals surface area contributed by atoms with Gasteiger partial charge >= 0.3 is 5.97 Å². The number of hydrogen-bond donors (Lipinski definition) is 2. The van der Waals surface area contributed by atoms with Gasteiger partial charge in [-0.1, -0.05) is 77.0 Å². The Hall–Kier alpha value is -0.570. The highest BCUT2D eigenvalue weighted by atomic mass is 16.4. The van der Waals surface area contributed by atoms with Crippen LogP contribution in [-0.4, -0.2) is 16.6 Å². The molecule has 128 valence electrons. The van der Waals surface area contributed by atoms with Crippen molar-refractivity contribution < 1.29 is 9.90 Å². The van der Waals surface area contributed by atoms with Crippen LogP contribution in [0.4, 0.5) is 0 Å². The number of nitrogens with two attached hydrogens (primary N) is 1. The zero-order valence-corrected chi connectivity index (χ0v) is 14.2. The van der Waals surface area contributed by atoms with Gasteiger partial charge in [-0.2, -0.15) is 0 Å². The third kappa shape index (κ3) is 4.97. The molecule has 0 saturated heterocycles. The van der Waals surface area contributed by atoms with Crippen LogP contribution in [0, 0.1) is 11.8 Å². The fourth-order valence-electron chi connectivity index (χ4n) is 4.64. The molecular weight excluding hydrogens is 274 g/mol. The Morgan fingerprint density at radius 1 is 0.818 bits per heavy atom. The molecule has 3 saturated carbocycles. The van der Waals surface area contributed by atoms with Crippen molar-refractivity contribution in [2.45, 2.75) is 102 Å². The van der Waals surface area contributed by atoms with Crippen molar-refractivity contribution in [2.24, 2.45) is 17.6 Å². The van der Waals surface area contributed by atoms with Gasteiger partial charge in [-0.25, -0.2) is 0 Å². The second-order valence-electron chi connectivity index (χ2n) is 7.79. The number of carboxylic acids is 1. The average Bonchev–Trinajstić information content (AvgIpc) is 2.45. The van der Waals surface area contributed by atoms with Crippen LogP contribution >= 0.6 is 0 Å². The normalized spacial score (nSPS) is 36.0. The van der Waals surface area contributed by atoms with Gasteiger partial charge in [0.05, 0.1) is 5.92 Å². The molecule has 0 spiro atoms. The number of carboxylic acid groups (broad SMARTS) is 1. The summed E-state index contributed by atoms with van der Waals surface area (Å²) >= 11 is 0. The Morgan fingerprint density at radius 2 is 1.27 bits per heavy atom. The quantitative estimate of drug-likeness (QED) is 0.725. The van der Waals surface area contributed by atoms with E-state index in [1.807, 2.05) is 0 Å². The third-order valence-corrected chi connectivity index (χ3v) is 5.97. The molecule has 3 aliphatic rings. The first kappa shape index (κ1) is 17.8. The maximum Gasteiger partial charge on any atom is 0.308 e. The lowest BCUT2D eigenvalue weighted by molar-refractivity contribution is -0.155. The summed E-state index contributed by atoms with van der Waals surface area (Å²) in [5.41, 5.74) is 6.03. The molecular formula is C19H35NO2. The number of carbonyl (C=O) groups is 1. The predicted molar refractivity (Wildman–Crippen MR) is 90.8 cm³/mol. The largest absolute Gasteiger partial charge is 0.481 e. The Labute approximate surface area is 136 Å². The van der Waals surface area contributed by atoms with Gasteiger partial charge in [0, 0.05) is 5.54 Å². The second kappa shape index (κ2) is 8.90. The molecule has 3 rings (SSSR count). The summed E-state index contributed by atoms with van der Waals surface area (Å²) in [5, 5.41) is 9.55. The van der Waals surface area contributed by atoms with Crippen LogP contribution in [0.15, 0.2) is 0 Å². The fourth-order valence-corrected chi connectivity index (χ4v) is 4.64. The lowest BCUT2D eigenvalue weighted by atomic mass is 9.56. The van der Waals surface area contributed by atoms with Crippen LogP contribution in [-0.2, 0) is 4.79 Å². The average molecular weight is 309 g/mol. The monoisotopic (exact) mass is 309 g/mol. The summed E-state index contributed by atoms with van der Waals surface area (Å²) in [6.07, 6.45) is 18.5. The van der Waals surface area contributed by atoms with Gasteiger partial charge < -0.3 is 10.8 Å². The van der Waals surface area contributed by atoms with Crippen molar-refractivity contribution >= 4 is 5.97 Å². The Bertz CT molecular complexity index is 340. The summed E-state index contributed by atoms with van der Waals surface area (Å²) in [4.78, 5) is 11.6. The van der Waals surface area contributed by atoms with E-state index in [1.165, 1.54) is 70.6 Å². The van der Waals surface area contributed by atoms with E-state index < -0.39 is 11.5 Å². The molecule has 0 aromatic rings. The van der Waals surface area contributed by atoms with Gasteiger partial charge in [0.1, 0.15) is 0 Å². The lowest BCUT2D eigenvalue weighted by Crippen LogP contribution is -2.63. The van der Waals surface area contributed by atoms with Gasteiger partial charge in [0.2, 0.25) is 0 Å². The molecule has 1 unspecified atom stereocenters. The molecule has 2 bridgehead atoms. The topological polar surface area (TPSA) is 63.3 Å². The summed E-state index contributed by atoms with van der Waals surface area (Å²) < 4.78 is 0. The van der Waals surface area contributed by atoms with Crippen molar-refractivity contribution in [3.05, 3.63) is 0 Å². The van der Waals surface area contributed by atoms with Crippen molar-refractivity contribution in [2.75, 3.05) is 0 Å². The summed E-state index contributed by atoms with van der Waals surface area (Å²) in [6.45, 7) is 0. The molecule has 3 nitrogen and oxygen atoms in total. The highest BCUT2D eigenvalue weighted by molar-refractivity contribution is 5.73. The molecule has 0 radical (unpaired) electrons. The van der Waals surface area contributed by atoms with Crippen LogP contribution in [0.2, 0.25) is 0 Å². The molecule has 0 amide bonds. The van der Waals surface area contributed by atoms with Crippen LogP contribution in [0.3, 0.4) is 0 Å². The van der Waals surface area contributed by atoms with Crippen molar-refractivity contribution in [1.29, 1.82) is 0 Å². The van der Waals surface area contributed by atoms with Gasteiger partial charge in [0.15, 0.2) is 0 Å². The van der Waals surface area contributed by atoms with Crippen molar-refractivity contribution in [3.63, 3.8) is 0 Å². The molecule has 0 heterocycles. The third-order valence-electron chi connectivity index (χ3n) is 5.97. The number of fused-ring (bicyclic) bond motifs is 13. The Balaban J connectivity index is 1.84. The van der Waals surface area contributed by atoms with Crippen LogP contribution < -0.4 is 5.73 Å². The SMILES string of the molecule is N[C@@]12CCCCCCCCCCCCCCC(C1)[C@H]2C(=O)O. The maximum atomic E-state index is 11.6. The minimum atomic E-state index is -0.656. The van der Waals surface area contributed by atoms with E-state index in [9.17, 15) is 9.90 Å².